The van der Waals surface area contributed by atoms with Crippen molar-refractivity contribution >= 4 is 28.8 Å². The number of halogens is 2. The minimum Gasteiger partial charge on any atom is -0.305 e. The molecule has 2 aromatic heterocycles. The Labute approximate surface area is 136 Å². The van der Waals surface area contributed by atoms with Gasteiger partial charge in [-0.3, -0.25) is 9.89 Å². The van der Waals surface area contributed by atoms with Crippen molar-refractivity contribution in [3.05, 3.63) is 68.2 Å². The molecule has 7 heteroatoms. The van der Waals surface area contributed by atoms with Crippen molar-refractivity contribution in [3.8, 4) is 0 Å². The Bertz CT molecular complexity index is 871. The molecule has 3 aromatic rings. The Morgan fingerprint density at radius 3 is 2.86 bits per heavy atom. The smallest absolute Gasteiger partial charge is 0.272 e. The van der Waals surface area contributed by atoms with E-state index in [1.807, 2.05) is 19.1 Å². The van der Waals surface area contributed by atoms with Crippen LogP contribution in [0, 0.1) is 0 Å². The van der Waals surface area contributed by atoms with Gasteiger partial charge in [0.1, 0.15) is 0 Å². The molecule has 2 N–H and O–H groups in total. The van der Waals surface area contributed by atoms with Crippen molar-refractivity contribution in [1.29, 1.82) is 0 Å². The molecule has 0 spiro atoms. The van der Waals surface area contributed by atoms with Gasteiger partial charge in [0.25, 0.3) is 5.56 Å². The first-order chi connectivity index (χ1) is 10.5. The summed E-state index contributed by atoms with van der Waals surface area (Å²) in [7, 11) is 0. The highest BCUT2D eigenvalue weighted by Crippen LogP contribution is 2.25. The number of hydrogen-bond donors (Lipinski definition) is 2. The summed E-state index contributed by atoms with van der Waals surface area (Å²) in [6.45, 7) is 2.50. The fourth-order valence-corrected chi connectivity index (χ4v) is 2.53. The van der Waals surface area contributed by atoms with Crippen molar-refractivity contribution in [2.45, 2.75) is 19.5 Å². The number of hydrogen-bond acceptors (Lipinski definition) is 3. The van der Waals surface area contributed by atoms with E-state index >= 15 is 0 Å². The summed E-state index contributed by atoms with van der Waals surface area (Å²) in [6, 6.07) is 8.85. The highest BCUT2D eigenvalue weighted by Gasteiger charge is 2.09. The Morgan fingerprint density at radius 1 is 1.27 bits per heavy atom. The number of fused-ring (bicyclic) bond motifs is 1. The van der Waals surface area contributed by atoms with Gasteiger partial charge in [0, 0.05) is 30.9 Å². The van der Waals surface area contributed by atoms with Gasteiger partial charge in [-0.05, 0) is 24.6 Å². The van der Waals surface area contributed by atoms with Crippen molar-refractivity contribution in [2.24, 2.45) is 0 Å². The van der Waals surface area contributed by atoms with Crippen LogP contribution in [-0.2, 0) is 6.54 Å². The molecular weight excluding hydrogens is 323 g/mol. The van der Waals surface area contributed by atoms with Crippen LogP contribution in [0.3, 0.4) is 0 Å². The van der Waals surface area contributed by atoms with Crippen LogP contribution in [0.4, 0.5) is 0 Å². The number of rotatable bonds is 4. The zero-order chi connectivity index (χ0) is 15.7. The van der Waals surface area contributed by atoms with Crippen LogP contribution in [0.5, 0.6) is 0 Å². The van der Waals surface area contributed by atoms with Crippen LogP contribution in [0.15, 0.2) is 41.3 Å². The summed E-state index contributed by atoms with van der Waals surface area (Å²) in [4.78, 5) is 16.3. The predicted octanol–water partition coefficient (Wildman–Crippen LogP) is 3.18. The highest BCUT2D eigenvalue weighted by molar-refractivity contribution is 6.42. The second-order valence-corrected chi connectivity index (χ2v) is 5.83. The summed E-state index contributed by atoms with van der Waals surface area (Å²) in [5.74, 6) is 0. The maximum atomic E-state index is 11.9. The van der Waals surface area contributed by atoms with E-state index in [0.717, 1.165) is 5.56 Å². The van der Waals surface area contributed by atoms with E-state index in [4.69, 9.17) is 23.2 Å². The molecule has 0 radical (unpaired) electrons. The summed E-state index contributed by atoms with van der Waals surface area (Å²) in [5.41, 5.74) is 2.19. The number of aromatic amines is 1. The fraction of sp³-hybridized carbons (Fsp3) is 0.200. The van der Waals surface area contributed by atoms with Crippen LogP contribution >= 0.6 is 23.2 Å². The number of nitrogens with zero attached hydrogens (tertiary/aromatic N) is 2. The van der Waals surface area contributed by atoms with Gasteiger partial charge in [0.2, 0.25) is 0 Å². The lowest BCUT2D eigenvalue weighted by Crippen LogP contribution is -2.22. The quantitative estimate of drug-likeness (QED) is 0.769. The van der Waals surface area contributed by atoms with Gasteiger partial charge in [-0.2, -0.15) is 0 Å². The van der Waals surface area contributed by atoms with E-state index in [1.165, 1.54) is 10.6 Å². The second kappa shape index (κ2) is 6.12. The fourth-order valence-electron chi connectivity index (χ4n) is 2.23. The molecule has 0 aliphatic heterocycles. The molecule has 0 saturated carbocycles. The second-order valence-electron chi connectivity index (χ2n) is 5.02. The predicted molar refractivity (Wildman–Crippen MR) is 87.5 cm³/mol. The molecule has 0 amide bonds. The van der Waals surface area contributed by atoms with Crippen LogP contribution in [0.1, 0.15) is 24.2 Å². The van der Waals surface area contributed by atoms with Gasteiger partial charge in [-0.15, -0.1) is 0 Å². The van der Waals surface area contributed by atoms with Gasteiger partial charge in [0.15, 0.2) is 5.65 Å². The zero-order valence-corrected chi connectivity index (χ0v) is 13.3. The topological polar surface area (TPSA) is 62.2 Å². The van der Waals surface area contributed by atoms with Crippen LogP contribution < -0.4 is 10.9 Å². The normalized spacial score (nSPS) is 12.7. The van der Waals surface area contributed by atoms with Crippen LogP contribution in [-0.4, -0.2) is 14.6 Å². The van der Waals surface area contributed by atoms with E-state index < -0.39 is 0 Å². The number of H-pyrrole nitrogens is 1. The maximum absolute atomic E-state index is 11.9. The van der Waals surface area contributed by atoms with Crippen molar-refractivity contribution in [3.63, 3.8) is 0 Å². The van der Waals surface area contributed by atoms with Gasteiger partial charge in [-0.1, -0.05) is 29.3 Å². The standard InChI is InChI=1S/C15H14Cl2N4O/c1-9(10-2-3-12(16)13(17)6-10)18-8-11-7-15(22)21-14(20-11)4-5-19-21/h2-7,9,18-19H,8H2,1H3/t9-/m0/s1. The molecule has 5 nitrogen and oxygen atoms in total. The van der Waals surface area contributed by atoms with E-state index in [9.17, 15) is 4.79 Å². The van der Waals surface area contributed by atoms with Crippen molar-refractivity contribution < 1.29 is 0 Å². The van der Waals surface area contributed by atoms with Gasteiger partial charge < -0.3 is 5.32 Å². The molecule has 2 heterocycles. The SMILES string of the molecule is C[C@H](NCc1cc(=O)n2[nH]ccc2n1)c1ccc(Cl)c(Cl)c1. The third-order valence-corrected chi connectivity index (χ3v) is 4.21. The lowest BCUT2D eigenvalue weighted by Gasteiger charge is -2.14. The molecule has 0 fully saturated rings. The Hall–Kier alpha value is -1.82. The molecule has 1 atom stereocenters. The number of nitrogens with one attached hydrogen (secondary N) is 2. The van der Waals surface area contributed by atoms with Crippen LogP contribution in [0.2, 0.25) is 10.0 Å². The van der Waals surface area contributed by atoms with E-state index in [-0.39, 0.29) is 11.6 Å². The number of aromatic nitrogens is 3. The molecule has 0 unspecified atom stereocenters. The van der Waals surface area contributed by atoms with Gasteiger partial charge in [0.05, 0.1) is 15.7 Å². The largest absolute Gasteiger partial charge is 0.305 e. The summed E-state index contributed by atoms with van der Waals surface area (Å²) < 4.78 is 1.39. The average molecular weight is 337 g/mol. The molecule has 0 bridgehead atoms. The lowest BCUT2D eigenvalue weighted by molar-refractivity contribution is 0.567. The molecule has 0 saturated heterocycles. The van der Waals surface area contributed by atoms with Crippen molar-refractivity contribution in [2.75, 3.05) is 0 Å². The van der Waals surface area contributed by atoms with Crippen LogP contribution in [0.25, 0.3) is 5.65 Å². The Balaban J connectivity index is 1.75. The number of benzene rings is 1. The molecular formula is C15H14Cl2N4O. The van der Waals surface area contributed by atoms with E-state index in [0.29, 0.717) is 27.9 Å². The summed E-state index contributed by atoms with van der Waals surface area (Å²) in [6.07, 6.45) is 1.68. The minimum atomic E-state index is -0.131. The molecule has 114 valence electrons. The molecule has 3 rings (SSSR count). The van der Waals surface area contributed by atoms with E-state index in [2.05, 4.69) is 15.4 Å². The summed E-state index contributed by atoms with van der Waals surface area (Å²) >= 11 is 11.9. The molecule has 22 heavy (non-hydrogen) atoms. The Morgan fingerprint density at radius 2 is 2.09 bits per heavy atom. The minimum absolute atomic E-state index is 0.0567. The van der Waals surface area contributed by atoms with E-state index in [1.54, 1.807) is 18.3 Å². The maximum Gasteiger partial charge on any atom is 0.272 e. The van der Waals surface area contributed by atoms with Gasteiger partial charge in [-0.25, -0.2) is 9.50 Å². The van der Waals surface area contributed by atoms with Crippen molar-refractivity contribution in [1.82, 2.24) is 19.9 Å². The zero-order valence-electron chi connectivity index (χ0n) is 11.8. The Kier molecular flexibility index (Phi) is 4.20. The summed E-state index contributed by atoms with van der Waals surface area (Å²) in [5, 5.41) is 7.19. The van der Waals surface area contributed by atoms with Gasteiger partial charge >= 0.3 is 0 Å². The molecule has 0 aliphatic rings. The first kappa shape index (κ1) is 15.1. The molecule has 1 aromatic carbocycles. The lowest BCUT2D eigenvalue weighted by atomic mass is 10.1. The highest BCUT2D eigenvalue weighted by atomic mass is 35.5. The average Bonchev–Trinajstić information content (AvgIpc) is 2.96. The first-order valence-electron chi connectivity index (χ1n) is 6.79. The third-order valence-electron chi connectivity index (χ3n) is 3.47. The first-order valence-corrected chi connectivity index (χ1v) is 7.54. The molecule has 0 aliphatic carbocycles. The monoisotopic (exact) mass is 336 g/mol. The third kappa shape index (κ3) is 3.02.